The number of piperazine rings is 1. The van der Waals surface area contributed by atoms with Crippen molar-refractivity contribution >= 4 is 23.3 Å². The van der Waals surface area contributed by atoms with Crippen molar-refractivity contribution in [2.75, 3.05) is 44.3 Å². The van der Waals surface area contributed by atoms with E-state index in [1.807, 2.05) is 6.07 Å². The molecule has 2 heterocycles. The number of benzene rings is 2. The number of urea groups is 1. The number of rotatable bonds is 3. The van der Waals surface area contributed by atoms with Crippen LogP contribution in [0, 0.1) is 5.82 Å². The molecule has 2 amide bonds. The number of hydrogen-bond acceptors (Lipinski definition) is 4. The summed E-state index contributed by atoms with van der Waals surface area (Å²) in [5.41, 5.74) is 1.82. The van der Waals surface area contributed by atoms with Gasteiger partial charge in [-0.1, -0.05) is 11.6 Å². The summed E-state index contributed by atoms with van der Waals surface area (Å²) in [4.78, 5) is 16.4. The Kier molecular flexibility index (Phi) is 5.43. The average molecular weight is 406 g/mol. The molecule has 0 unspecified atom stereocenters. The Balaban J connectivity index is 1.30. The fourth-order valence-electron chi connectivity index (χ4n) is 3.38. The van der Waals surface area contributed by atoms with Gasteiger partial charge in [-0.05, 0) is 42.0 Å². The molecule has 0 bridgehead atoms. The molecule has 148 valence electrons. The Morgan fingerprint density at radius 3 is 2.54 bits per heavy atom. The second-order valence-electron chi connectivity index (χ2n) is 6.71. The Morgan fingerprint density at radius 2 is 1.79 bits per heavy atom. The minimum absolute atomic E-state index is 0.121. The van der Waals surface area contributed by atoms with Crippen LogP contribution in [0.3, 0.4) is 0 Å². The lowest BCUT2D eigenvalue weighted by Crippen LogP contribution is -2.51. The van der Waals surface area contributed by atoms with E-state index >= 15 is 0 Å². The molecule has 1 fully saturated rings. The highest BCUT2D eigenvalue weighted by Crippen LogP contribution is 2.38. The number of carbonyl (C=O) groups is 1. The minimum atomic E-state index is -0.249. The molecule has 4 rings (SSSR count). The first-order valence-corrected chi connectivity index (χ1v) is 9.59. The summed E-state index contributed by atoms with van der Waals surface area (Å²) in [7, 11) is 0. The van der Waals surface area contributed by atoms with E-state index in [0.717, 1.165) is 11.3 Å². The zero-order valence-corrected chi connectivity index (χ0v) is 16.0. The molecule has 8 heteroatoms. The van der Waals surface area contributed by atoms with Crippen LogP contribution in [0.4, 0.5) is 14.9 Å². The first kappa shape index (κ1) is 18.7. The van der Waals surface area contributed by atoms with Crippen LogP contribution >= 0.6 is 11.6 Å². The van der Waals surface area contributed by atoms with Crippen LogP contribution in [0.15, 0.2) is 36.4 Å². The zero-order chi connectivity index (χ0) is 19.5. The highest BCUT2D eigenvalue weighted by molar-refractivity contribution is 6.32. The Bertz CT molecular complexity index is 855. The molecule has 0 atom stereocenters. The normalized spacial score (nSPS) is 16.1. The predicted octanol–water partition coefficient (Wildman–Crippen LogP) is 3.28. The smallest absolute Gasteiger partial charge is 0.317 e. The van der Waals surface area contributed by atoms with E-state index in [1.165, 1.54) is 12.1 Å². The van der Waals surface area contributed by atoms with Gasteiger partial charge in [0.1, 0.15) is 19.0 Å². The molecule has 0 aromatic heterocycles. The number of halogens is 2. The third-order valence-corrected chi connectivity index (χ3v) is 5.14. The Morgan fingerprint density at radius 1 is 1.07 bits per heavy atom. The Hall–Kier alpha value is -2.67. The quantitative estimate of drug-likeness (QED) is 0.851. The molecular formula is C20H21ClFN3O3. The van der Waals surface area contributed by atoms with Gasteiger partial charge in [0.05, 0.1) is 5.02 Å². The summed E-state index contributed by atoms with van der Waals surface area (Å²) >= 11 is 6.24. The van der Waals surface area contributed by atoms with Crippen molar-refractivity contribution in [1.29, 1.82) is 0 Å². The molecule has 0 aliphatic carbocycles. The third-order valence-electron chi connectivity index (χ3n) is 4.86. The van der Waals surface area contributed by atoms with Crippen LogP contribution in [0.5, 0.6) is 11.5 Å². The van der Waals surface area contributed by atoms with Gasteiger partial charge in [-0.2, -0.15) is 0 Å². The van der Waals surface area contributed by atoms with Gasteiger partial charge in [0.25, 0.3) is 0 Å². The van der Waals surface area contributed by atoms with Gasteiger partial charge < -0.3 is 24.6 Å². The van der Waals surface area contributed by atoms with Gasteiger partial charge in [-0.15, -0.1) is 0 Å². The van der Waals surface area contributed by atoms with Crippen molar-refractivity contribution in [3.63, 3.8) is 0 Å². The van der Waals surface area contributed by atoms with E-state index < -0.39 is 0 Å². The van der Waals surface area contributed by atoms with E-state index in [-0.39, 0.29) is 11.8 Å². The molecular weight excluding hydrogens is 385 g/mol. The van der Waals surface area contributed by atoms with Gasteiger partial charge in [0, 0.05) is 38.4 Å². The molecule has 1 N–H and O–H groups in total. The first-order chi connectivity index (χ1) is 13.6. The largest absolute Gasteiger partial charge is 0.486 e. The molecule has 0 radical (unpaired) electrons. The van der Waals surface area contributed by atoms with Crippen LogP contribution in [0.2, 0.25) is 5.02 Å². The summed E-state index contributed by atoms with van der Waals surface area (Å²) in [6.07, 6.45) is 0. The summed E-state index contributed by atoms with van der Waals surface area (Å²) in [6, 6.07) is 9.92. The third kappa shape index (κ3) is 4.09. The molecule has 28 heavy (non-hydrogen) atoms. The van der Waals surface area contributed by atoms with E-state index in [0.29, 0.717) is 62.5 Å². The van der Waals surface area contributed by atoms with Gasteiger partial charge in [0.2, 0.25) is 0 Å². The lowest BCUT2D eigenvalue weighted by Gasteiger charge is -2.36. The predicted molar refractivity (Wildman–Crippen MR) is 105 cm³/mol. The monoisotopic (exact) mass is 405 g/mol. The fourth-order valence-corrected chi connectivity index (χ4v) is 3.66. The van der Waals surface area contributed by atoms with E-state index in [4.69, 9.17) is 21.1 Å². The van der Waals surface area contributed by atoms with E-state index in [9.17, 15) is 9.18 Å². The van der Waals surface area contributed by atoms with Crippen molar-refractivity contribution in [1.82, 2.24) is 10.2 Å². The lowest BCUT2D eigenvalue weighted by molar-refractivity contribution is 0.171. The number of ether oxygens (including phenoxy) is 2. The van der Waals surface area contributed by atoms with E-state index in [2.05, 4.69) is 10.2 Å². The maximum atomic E-state index is 13.1. The molecule has 0 spiro atoms. The average Bonchev–Trinajstić information content (AvgIpc) is 2.73. The zero-order valence-electron chi connectivity index (χ0n) is 15.3. The number of carbonyl (C=O) groups excluding carboxylic acids is 1. The van der Waals surface area contributed by atoms with Gasteiger partial charge >= 0.3 is 6.03 Å². The van der Waals surface area contributed by atoms with Crippen molar-refractivity contribution in [3.8, 4) is 11.5 Å². The maximum Gasteiger partial charge on any atom is 0.317 e. The van der Waals surface area contributed by atoms with E-state index in [1.54, 1.807) is 23.1 Å². The second-order valence-corrected chi connectivity index (χ2v) is 7.12. The summed E-state index contributed by atoms with van der Waals surface area (Å²) in [6.45, 7) is 3.93. The second kappa shape index (κ2) is 8.14. The van der Waals surface area contributed by atoms with Crippen LogP contribution in [-0.2, 0) is 6.54 Å². The first-order valence-electron chi connectivity index (χ1n) is 9.21. The number of nitrogens with zero attached hydrogens (tertiary/aromatic N) is 2. The van der Waals surface area contributed by atoms with Crippen molar-refractivity contribution < 1.29 is 18.7 Å². The molecule has 2 aromatic rings. The lowest BCUT2D eigenvalue weighted by atomic mass is 10.2. The number of nitrogens with one attached hydrogen (secondary N) is 1. The summed E-state index contributed by atoms with van der Waals surface area (Å²) < 4.78 is 24.1. The van der Waals surface area contributed by atoms with Crippen LogP contribution in [0.25, 0.3) is 0 Å². The molecule has 6 nitrogen and oxygen atoms in total. The topological polar surface area (TPSA) is 54.0 Å². The molecule has 1 saturated heterocycles. The summed E-state index contributed by atoms with van der Waals surface area (Å²) in [5, 5.41) is 3.41. The molecule has 0 saturated carbocycles. The number of anilines is 1. The van der Waals surface area contributed by atoms with Crippen LogP contribution in [0.1, 0.15) is 5.56 Å². The molecule has 2 aliphatic rings. The molecule has 2 aromatic carbocycles. The standard InChI is InChI=1S/C20H21ClFN3O3/c21-17-11-14(12-18-19(17)28-10-9-27-18)13-23-20(26)25-7-5-24(6-8-25)16-3-1-15(22)2-4-16/h1-4,11-12H,5-10,13H2,(H,23,26). The van der Waals surface area contributed by atoms with Crippen molar-refractivity contribution in [3.05, 3.63) is 52.8 Å². The Labute approximate surface area is 167 Å². The highest BCUT2D eigenvalue weighted by atomic mass is 35.5. The molecule has 2 aliphatic heterocycles. The van der Waals surface area contributed by atoms with Gasteiger partial charge in [0.15, 0.2) is 11.5 Å². The SMILES string of the molecule is O=C(NCc1cc(Cl)c2c(c1)OCCO2)N1CCN(c2ccc(F)cc2)CC1. The summed E-state index contributed by atoms with van der Waals surface area (Å²) in [5.74, 6) is 0.914. The number of hydrogen-bond donors (Lipinski definition) is 1. The van der Waals surface area contributed by atoms with Crippen LogP contribution < -0.4 is 19.7 Å². The maximum absolute atomic E-state index is 13.1. The van der Waals surface area contributed by atoms with Gasteiger partial charge in [-0.25, -0.2) is 9.18 Å². The minimum Gasteiger partial charge on any atom is -0.486 e. The fraction of sp³-hybridized carbons (Fsp3) is 0.350. The van der Waals surface area contributed by atoms with Crippen molar-refractivity contribution in [2.45, 2.75) is 6.54 Å². The van der Waals surface area contributed by atoms with Gasteiger partial charge in [-0.3, -0.25) is 0 Å². The van der Waals surface area contributed by atoms with Crippen molar-refractivity contribution in [2.24, 2.45) is 0 Å². The van der Waals surface area contributed by atoms with Crippen LogP contribution in [-0.4, -0.2) is 50.3 Å². The number of amides is 2. The number of fused-ring (bicyclic) bond motifs is 1. The highest BCUT2D eigenvalue weighted by Gasteiger charge is 2.22.